The summed E-state index contributed by atoms with van der Waals surface area (Å²) in [5.74, 6) is 1.43. The molecule has 0 unspecified atom stereocenters. The van der Waals surface area contributed by atoms with Crippen LogP contribution in [0.1, 0.15) is 5.82 Å². The van der Waals surface area contributed by atoms with Crippen LogP contribution in [0.3, 0.4) is 0 Å². The molecule has 15 heavy (non-hydrogen) atoms. The molecule has 2 aromatic rings. The predicted molar refractivity (Wildman–Crippen MR) is 52.0 cm³/mol. The van der Waals surface area contributed by atoms with Gasteiger partial charge in [-0.3, -0.25) is 4.98 Å². The molecule has 2 N–H and O–H groups in total. The van der Waals surface area contributed by atoms with Gasteiger partial charge >= 0.3 is 0 Å². The lowest BCUT2D eigenvalue weighted by molar-refractivity contribution is 0.401. The number of ether oxygens (including phenoxy) is 1. The minimum Gasteiger partial charge on any atom is -0.494 e. The standard InChI is InChI=1S/C9H10N4O2/c1-14-7-5-11-3-2-6(7)9-12-8(4-10)13-15-9/h2-3,5H,4,10H2,1H3. The molecule has 0 saturated carbocycles. The predicted octanol–water partition coefficient (Wildman–Crippen LogP) is 0.599. The molecule has 2 heterocycles. The van der Waals surface area contributed by atoms with Crippen LogP contribution < -0.4 is 10.5 Å². The van der Waals surface area contributed by atoms with Crippen molar-refractivity contribution in [1.29, 1.82) is 0 Å². The average Bonchev–Trinajstić information content (AvgIpc) is 2.77. The zero-order valence-electron chi connectivity index (χ0n) is 8.17. The molecule has 0 radical (unpaired) electrons. The van der Waals surface area contributed by atoms with Gasteiger partial charge < -0.3 is 15.0 Å². The van der Waals surface area contributed by atoms with Crippen molar-refractivity contribution in [3.63, 3.8) is 0 Å². The molecular weight excluding hydrogens is 196 g/mol. The highest BCUT2D eigenvalue weighted by atomic mass is 16.5. The second-order valence-electron chi connectivity index (χ2n) is 2.80. The number of methoxy groups -OCH3 is 1. The van der Waals surface area contributed by atoms with Crippen molar-refractivity contribution in [2.24, 2.45) is 5.73 Å². The summed E-state index contributed by atoms with van der Waals surface area (Å²) < 4.78 is 10.2. The molecule has 0 aliphatic rings. The van der Waals surface area contributed by atoms with Gasteiger partial charge in [0.25, 0.3) is 5.89 Å². The van der Waals surface area contributed by atoms with Gasteiger partial charge in [-0.05, 0) is 6.07 Å². The van der Waals surface area contributed by atoms with Crippen molar-refractivity contribution >= 4 is 0 Å². The maximum Gasteiger partial charge on any atom is 0.261 e. The average molecular weight is 206 g/mol. The summed E-state index contributed by atoms with van der Waals surface area (Å²) in [6, 6.07) is 1.74. The lowest BCUT2D eigenvalue weighted by Gasteiger charge is -2.01. The molecule has 0 atom stereocenters. The fraction of sp³-hybridized carbons (Fsp3) is 0.222. The summed E-state index contributed by atoms with van der Waals surface area (Å²) in [5, 5.41) is 3.70. The van der Waals surface area contributed by atoms with E-state index in [1.54, 1.807) is 25.6 Å². The first kappa shape index (κ1) is 9.60. The van der Waals surface area contributed by atoms with Crippen LogP contribution in [-0.2, 0) is 6.54 Å². The summed E-state index contributed by atoms with van der Waals surface area (Å²) in [7, 11) is 1.56. The summed E-state index contributed by atoms with van der Waals surface area (Å²) in [6.07, 6.45) is 3.21. The number of aromatic nitrogens is 3. The largest absolute Gasteiger partial charge is 0.494 e. The molecular formula is C9H10N4O2. The quantitative estimate of drug-likeness (QED) is 0.791. The molecule has 0 aromatic carbocycles. The minimum atomic E-state index is 0.247. The highest BCUT2D eigenvalue weighted by Crippen LogP contribution is 2.26. The zero-order valence-corrected chi connectivity index (χ0v) is 8.17. The van der Waals surface area contributed by atoms with Gasteiger partial charge in [0, 0.05) is 6.20 Å². The van der Waals surface area contributed by atoms with Crippen molar-refractivity contribution in [1.82, 2.24) is 15.1 Å². The lowest BCUT2D eigenvalue weighted by atomic mass is 10.2. The Morgan fingerprint density at radius 3 is 3.07 bits per heavy atom. The van der Waals surface area contributed by atoms with E-state index in [2.05, 4.69) is 15.1 Å². The molecule has 2 aromatic heterocycles. The van der Waals surface area contributed by atoms with Crippen molar-refractivity contribution in [3.8, 4) is 17.2 Å². The molecule has 0 amide bonds. The van der Waals surface area contributed by atoms with Gasteiger partial charge in [-0.2, -0.15) is 4.98 Å². The third-order valence-electron chi connectivity index (χ3n) is 1.89. The van der Waals surface area contributed by atoms with Gasteiger partial charge in [0.2, 0.25) is 0 Å². The maximum atomic E-state index is 5.38. The van der Waals surface area contributed by atoms with E-state index in [-0.39, 0.29) is 6.54 Å². The van der Waals surface area contributed by atoms with E-state index in [9.17, 15) is 0 Å². The van der Waals surface area contributed by atoms with E-state index >= 15 is 0 Å². The fourth-order valence-electron chi connectivity index (χ4n) is 1.17. The molecule has 0 bridgehead atoms. The number of hydrogen-bond acceptors (Lipinski definition) is 6. The van der Waals surface area contributed by atoms with Gasteiger partial charge in [-0.15, -0.1) is 0 Å². The van der Waals surface area contributed by atoms with E-state index in [4.69, 9.17) is 15.0 Å². The van der Waals surface area contributed by atoms with Crippen molar-refractivity contribution < 1.29 is 9.26 Å². The monoisotopic (exact) mass is 206 g/mol. The fourth-order valence-corrected chi connectivity index (χ4v) is 1.17. The van der Waals surface area contributed by atoms with E-state index in [1.807, 2.05) is 0 Å². The Morgan fingerprint density at radius 1 is 1.53 bits per heavy atom. The first-order valence-corrected chi connectivity index (χ1v) is 4.36. The van der Waals surface area contributed by atoms with Crippen LogP contribution in [0.25, 0.3) is 11.5 Å². The van der Waals surface area contributed by atoms with Crippen LogP contribution in [0.4, 0.5) is 0 Å². The summed E-state index contributed by atoms with van der Waals surface area (Å²) in [6.45, 7) is 0.247. The topological polar surface area (TPSA) is 87.1 Å². The van der Waals surface area contributed by atoms with Gasteiger partial charge in [0.1, 0.15) is 5.75 Å². The SMILES string of the molecule is COc1cnccc1-c1nc(CN)no1. The number of nitrogens with zero attached hydrogens (tertiary/aromatic N) is 3. The molecule has 0 saturated heterocycles. The van der Waals surface area contributed by atoms with Crippen LogP contribution in [0, 0.1) is 0 Å². The molecule has 0 spiro atoms. The third kappa shape index (κ3) is 1.79. The van der Waals surface area contributed by atoms with Crippen LogP contribution in [0.15, 0.2) is 23.0 Å². The highest BCUT2D eigenvalue weighted by Gasteiger charge is 2.12. The molecule has 6 nitrogen and oxygen atoms in total. The second-order valence-corrected chi connectivity index (χ2v) is 2.80. The number of rotatable bonds is 3. The Hall–Kier alpha value is -1.95. The number of nitrogens with two attached hydrogens (primary N) is 1. The zero-order chi connectivity index (χ0) is 10.7. The molecule has 6 heteroatoms. The third-order valence-corrected chi connectivity index (χ3v) is 1.89. The molecule has 2 rings (SSSR count). The van der Waals surface area contributed by atoms with E-state index in [0.29, 0.717) is 23.0 Å². The maximum absolute atomic E-state index is 5.38. The van der Waals surface area contributed by atoms with Gasteiger partial charge in [0.05, 0.1) is 25.4 Å². The Bertz CT molecular complexity index is 455. The minimum absolute atomic E-state index is 0.247. The molecule has 0 aliphatic carbocycles. The van der Waals surface area contributed by atoms with E-state index in [0.717, 1.165) is 0 Å². The smallest absolute Gasteiger partial charge is 0.261 e. The normalized spacial score (nSPS) is 10.3. The number of hydrogen-bond donors (Lipinski definition) is 1. The van der Waals surface area contributed by atoms with Crippen LogP contribution in [0.2, 0.25) is 0 Å². The van der Waals surface area contributed by atoms with Crippen molar-refractivity contribution in [2.75, 3.05) is 7.11 Å². The summed E-state index contributed by atoms with van der Waals surface area (Å²) >= 11 is 0. The summed E-state index contributed by atoms with van der Waals surface area (Å²) in [4.78, 5) is 8.03. The Kier molecular flexibility index (Phi) is 2.59. The number of pyridine rings is 1. The first-order valence-electron chi connectivity index (χ1n) is 4.36. The van der Waals surface area contributed by atoms with Crippen molar-refractivity contribution in [2.45, 2.75) is 6.54 Å². The van der Waals surface area contributed by atoms with E-state index in [1.165, 1.54) is 0 Å². The van der Waals surface area contributed by atoms with E-state index < -0.39 is 0 Å². The molecule has 0 aliphatic heterocycles. The van der Waals surface area contributed by atoms with Crippen LogP contribution in [0.5, 0.6) is 5.75 Å². The Morgan fingerprint density at radius 2 is 2.40 bits per heavy atom. The van der Waals surface area contributed by atoms with Gasteiger partial charge in [0.15, 0.2) is 5.82 Å². The van der Waals surface area contributed by atoms with Gasteiger partial charge in [-0.25, -0.2) is 0 Å². The Labute approximate surface area is 86.1 Å². The molecule has 0 fully saturated rings. The highest BCUT2D eigenvalue weighted by molar-refractivity contribution is 5.61. The second kappa shape index (κ2) is 4.05. The van der Waals surface area contributed by atoms with Gasteiger partial charge in [-0.1, -0.05) is 5.16 Å². The van der Waals surface area contributed by atoms with Crippen LogP contribution >= 0.6 is 0 Å². The summed E-state index contributed by atoms with van der Waals surface area (Å²) in [5.41, 5.74) is 6.09. The van der Waals surface area contributed by atoms with Crippen LogP contribution in [-0.4, -0.2) is 22.2 Å². The lowest BCUT2D eigenvalue weighted by Crippen LogP contribution is -1.98. The first-order chi connectivity index (χ1) is 7.35. The molecule has 78 valence electrons. The van der Waals surface area contributed by atoms with Crippen molar-refractivity contribution in [3.05, 3.63) is 24.3 Å². The Balaban J connectivity index is 2.44.